The third-order valence-corrected chi connectivity index (χ3v) is 5.33. The monoisotopic (exact) mass is 429 g/mol. The summed E-state index contributed by atoms with van der Waals surface area (Å²) in [6.07, 6.45) is 4.01. The molecule has 0 saturated heterocycles. The van der Waals surface area contributed by atoms with Gasteiger partial charge in [0, 0.05) is 17.7 Å². The number of unbranched alkanes of at least 4 members (excludes halogenated alkanes) is 2. The number of nitrogens with one attached hydrogen (secondary N) is 1. The number of rotatable bonds is 13. The van der Waals surface area contributed by atoms with E-state index in [2.05, 4.69) is 12.2 Å². The van der Waals surface area contributed by atoms with E-state index in [0.29, 0.717) is 35.6 Å². The van der Waals surface area contributed by atoms with Crippen molar-refractivity contribution in [2.24, 2.45) is 11.7 Å². The molecule has 0 radical (unpaired) electrons. The Bertz CT molecular complexity index is 865. The molecule has 0 aliphatic carbocycles. The van der Waals surface area contributed by atoms with Crippen LogP contribution >= 0.6 is 0 Å². The van der Waals surface area contributed by atoms with Gasteiger partial charge in [-0.25, -0.2) is 5.06 Å². The third kappa shape index (κ3) is 6.42. The lowest BCUT2D eigenvalue weighted by atomic mass is 9.90. The van der Waals surface area contributed by atoms with Crippen LogP contribution < -0.4 is 11.1 Å². The minimum Gasteiger partial charge on any atom is -0.451 e. The van der Waals surface area contributed by atoms with Gasteiger partial charge >= 0.3 is 0 Å². The molecule has 8 nitrogen and oxygen atoms in total. The summed E-state index contributed by atoms with van der Waals surface area (Å²) < 4.78 is 5.64. The molecule has 168 valence electrons. The van der Waals surface area contributed by atoms with Crippen LogP contribution in [0.25, 0.3) is 11.3 Å². The number of benzene rings is 1. The maximum absolute atomic E-state index is 13.0. The molecule has 0 fully saturated rings. The summed E-state index contributed by atoms with van der Waals surface area (Å²) in [6, 6.07) is 10.3. The molecule has 0 spiro atoms. The van der Waals surface area contributed by atoms with Crippen molar-refractivity contribution in [1.82, 2.24) is 10.4 Å². The van der Waals surface area contributed by atoms with Crippen LogP contribution in [0.5, 0.6) is 0 Å². The molecule has 4 N–H and O–H groups in total. The number of furan rings is 1. The number of hydrogen-bond donors (Lipinski definition) is 3. The van der Waals surface area contributed by atoms with Crippen molar-refractivity contribution >= 4 is 18.2 Å². The van der Waals surface area contributed by atoms with E-state index in [4.69, 9.17) is 10.2 Å². The zero-order chi connectivity index (χ0) is 22.8. The second-order valence-electron chi connectivity index (χ2n) is 7.48. The van der Waals surface area contributed by atoms with Crippen LogP contribution in [0.4, 0.5) is 0 Å². The van der Waals surface area contributed by atoms with Gasteiger partial charge in [0.1, 0.15) is 5.76 Å². The van der Waals surface area contributed by atoms with Gasteiger partial charge in [-0.2, -0.15) is 0 Å². The summed E-state index contributed by atoms with van der Waals surface area (Å²) in [6.45, 7) is 3.91. The molecule has 0 unspecified atom stereocenters. The van der Waals surface area contributed by atoms with Crippen molar-refractivity contribution < 1.29 is 24.0 Å². The van der Waals surface area contributed by atoms with Gasteiger partial charge < -0.3 is 15.5 Å². The average molecular weight is 430 g/mol. The first-order valence-corrected chi connectivity index (χ1v) is 10.6. The van der Waals surface area contributed by atoms with Gasteiger partial charge in [0.25, 0.3) is 5.91 Å². The number of nitrogens with two attached hydrogens (primary N) is 1. The first-order chi connectivity index (χ1) is 14.9. The minimum atomic E-state index is -0.722. The van der Waals surface area contributed by atoms with E-state index in [1.165, 1.54) is 0 Å². The second kappa shape index (κ2) is 11.9. The summed E-state index contributed by atoms with van der Waals surface area (Å²) >= 11 is 0. The fourth-order valence-corrected chi connectivity index (χ4v) is 3.67. The highest BCUT2D eigenvalue weighted by atomic mass is 16.5. The molecule has 1 aromatic heterocycles. The number of carbonyl (C=O) groups is 3. The van der Waals surface area contributed by atoms with E-state index >= 15 is 0 Å². The molecule has 2 atom stereocenters. The highest BCUT2D eigenvalue weighted by molar-refractivity contribution is 5.92. The highest BCUT2D eigenvalue weighted by Gasteiger charge is 2.31. The van der Waals surface area contributed by atoms with Crippen molar-refractivity contribution in [3.63, 3.8) is 0 Å². The van der Waals surface area contributed by atoms with E-state index in [1.54, 1.807) is 6.07 Å². The van der Waals surface area contributed by atoms with E-state index in [-0.39, 0.29) is 18.2 Å². The lowest BCUT2D eigenvalue weighted by Gasteiger charge is -2.29. The largest absolute Gasteiger partial charge is 0.451 e. The minimum absolute atomic E-state index is 0.00889. The fourth-order valence-electron chi connectivity index (χ4n) is 3.67. The standard InChI is InChI=1S/C23H31N3O5/c1-3-5-7-12-18(19(4-2)26(30)15-27)23(29)25-14-17-13-20(31-21(17)22(24)28)16-10-8-6-9-11-16/h6,8-11,13,15,18-19,30H,3-5,7,12,14H2,1-2H3,(H2,24,28)(H,25,29)/t18-,19-/m1/s1. The summed E-state index contributed by atoms with van der Waals surface area (Å²) in [5.74, 6) is -1.14. The van der Waals surface area contributed by atoms with Gasteiger partial charge in [-0.15, -0.1) is 0 Å². The van der Waals surface area contributed by atoms with Crippen LogP contribution in [0.2, 0.25) is 0 Å². The zero-order valence-corrected chi connectivity index (χ0v) is 18.0. The van der Waals surface area contributed by atoms with E-state index in [9.17, 15) is 19.6 Å². The van der Waals surface area contributed by atoms with Gasteiger partial charge in [0.2, 0.25) is 12.3 Å². The lowest BCUT2D eigenvalue weighted by molar-refractivity contribution is -0.168. The first kappa shape index (κ1) is 24.1. The molecule has 0 aliphatic heterocycles. The van der Waals surface area contributed by atoms with E-state index in [1.807, 2.05) is 37.3 Å². The Kier molecular flexibility index (Phi) is 9.27. The smallest absolute Gasteiger partial charge is 0.284 e. The summed E-state index contributed by atoms with van der Waals surface area (Å²) in [7, 11) is 0. The maximum Gasteiger partial charge on any atom is 0.284 e. The lowest BCUT2D eigenvalue weighted by Crippen LogP contribution is -2.45. The first-order valence-electron chi connectivity index (χ1n) is 10.6. The van der Waals surface area contributed by atoms with E-state index < -0.39 is 17.9 Å². The molecule has 8 heteroatoms. The van der Waals surface area contributed by atoms with Gasteiger partial charge in [0.15, 0.2) is 5.76 Å². The molecular weight excluding hydrogens is 398 g/mol. The van der Waals surface area contributed by atoms with Crippen LogP contribution in [0, 0.1) is 5.92 Å². The molecule has 0 saturated carbocycles. The van der Waals surface area contributed by atoms with Gasteiger partial charge in [-0.3, -0.25) is 19.6 Å². The topological polar surface area (TPSA) is 126 Å². The number of nitrogens with zero attached hydrogens (tertiary/aromatic N) is 1. The molecule has 1 aromatic carbocycles. The van der Waals surface area contributed by atoms with Crippen LogP contribution in [0.15, 0.2) is 40.8 Å². The van der Waals surface area contributed by atoms with Crippen molar-refractivity contribution in [3.8, 4) is 11.3 Å². The van der Waals surface area contributed by atoms with Gasteiger partial charge in [-0.1, -0.05) is 63.4 Å². The second-order valence-corrected chi connectivity index (χ2v) is 7.48. The number of amides is 3. The van der Waals surface area contributed by atoms with Gasteiger partial charge in [-0.05, 0) is 18.9 Å². The summed E-state index contributed by atoms with van der Waals surface area (Å²) in [5.41, 5.74) is 6.71. The number of hydroxylamine groups is 2. The molecule has 0 aliphatic rings. The highest BCUT2D eigenvalue weighted by Crippen LogP contribution is 2.26. The van der Waals surface area contributed by atoms with Crippen LogP contribution in [-0.4, -0.2) is 34.5 Å². The summed E-state index contributed by atoms with van der Waals surface area (Å²) in [4.78, 5) is 35.9. The number of primary amides is 1. The van der Waals surface area contributed by atoms with Crippen LogP contribution in [-0.2, 0) is 16.1 Å². The number of hydrogen-bond acceptors (Lipinski definition) is 5. The Morgan fingerprint density at radius 1 is 1.23 bits per heavy atom. The van der Waals surface area contributed by atoms with Gasteiger partial charge in [0.05, 0.1) is 12.0 Å². The third-order valence-electron chi connectivity index (χ3n) is 5.33. The molecule has 2 rings (SSSR count). The predicted octanol–water partition coefficient (Wildman–Crippen LogP) is 3.48. The number of carbonyl (C=O) groups excluding carboxylic acids is 3. The van der Waals surface area contributed by atoms with Crippen molar-refractivity contribution in [3.05, 3.63) is 47.7 Å². The SMILES string of the molecule is CCCCC[C@@H](C(=O)NCc1cc(-c2ccccc2)oc1C(N)=O)[C@@H](CC)N(O)C=O. The average Bonchev–Trinajstić information content (AvgIpc) is 3.22. The van der Waals surface area contributed by atoms with E-state index in [0.717, 1.165) is 24.8 Å². The van der Waals surface area contributed by atoms with Crippen LogP contribution in [0.3, 0.4) is 0 Å². The zero-order valence-electron chi connectivity index (χ0n) is 18.0. The van der Waals surface area contributed by atoms with Crippen molar-refractivity contribution in [2.45, 2.75) is 58.5 Å². The Hall–Kier alpha value is -3.13. The Morgan fingerprint density at radius 2 is 1.94 bits per heavy atom. The molecule has 2 aromatic rings. The maximum atomic E-state index is 13.0. The van der Waals surface area contributed by atoms with Crippen molar-refractivity contribution in [1.29, 1.82) is 0 Å². The molecular formula is C23H31N3O5. The quantitative estimate of drug-likeness (QED) is 0.194. The Labute approximate surface area is 182 Å². The summed E-state index contributed by atoms with van der Waals surface area (Å²) in [5, 5.41) is 13.3. The Morgan fingerprint density at radius 3 is 2.52 bits per heavy atom. The normalized spacial score (nSPS) is 12.7. The molecule has 1 heterocycles. The molecule has 31 heavy (non-hydrogen) atoms. The predicted molar refractivity (Wildman–Crippen MR) is 116 cm³/mol. The fraction of sp³-hybridized carbons (Fsp3) is 0.435. The molecule has 0 bridgehead atoms. The van der Waals surface area contributed by atoms with Crippen molar-refractivity contribution in [2.75, 3.05) is 0 Å². The van der Waals surface area contributed by atoms with Crippen LogP contribution in [0.1, 0.15) is 62.1 Å². The Balaban J connectivity index is 2.19. The molecule has 3 amide bonds.